The summed E-state index contributed by atoms with van der Waals surface area (Å²) in [5.74, 6) is 5.63. The molecule has 6 heteroatoms. The van der Waals surface area contributed by atoms with Crippen molar-refractivity contribution in [1.29, 1.82) is 0 Å². The highest BCUT2D eigenvalue weighted by atomic mass is 79.9. The average molecular weight is 366 g/mol. The Hall–Kier alpha value is -0.100. The molecule has 2 rings (SSSR count). The Bertz CT molecular complexity index is 545. The predicted molar refractivity (Wildman–Crippen MR) is 82.2 cm³/mol. The van der Waals surface area contributed by atoms with Crippen molar-refractivity contribution in [2.24, 2.45) is 5.84 Å². The highest BCUT2D eigenvalue weighted by Crippen LogP contribution is 2.32. The maximum atomic E-state index is 6.19. The molecule has 0 saturated heterocycles. The lowest BCUT2D eigenvalue weighted by molar-refractivity contribution is 0.555. The Morgan fingerprint density at radius 1 is 1.33 bits per heavy atom. The zero-order chi connectivity index (χ0) is 13.1. The van der Waals surface area contributed by atoms with Crippen LogP contribution in [-0.4, -0.2) is 0 Å². The summed E-state index contributed by atoms with van der Waals surface area (Å²) in [6.45, 7) is 0. The van der Waals surface area contributed by atoms with Gasteiger partial charge < -0.3 is 0 Å². The minimum atomic E-state index is -0.0638. The molecule has 2 aromatic rings. The van der Waals surface area contributed by atoms with E-state index >= 15 is 0 Å². The Labute approximate surface area is 128 Å². The summed E-state index contributed by atoms with van der Waals surface area (Å²) in [7, 11) is 0. The van der Waals surface area contributed by atoms with Crippen LogP contribution in [0.25, 0.3) is 0 Å². The summed E-state index contributed by atoms with van der Waals surface area (Å²) < 4.78 is 1.09. The van der Waals surface area contributed by atoms with Gasteiger partial charge in [-0.05, 0) is 51.1 Å². The summed E-state index contributed by atoms with van der Waals surface area (Å²) in [6, 6.07) is 7.35. The van der Waals surface area contributed by atoms with Crippen molar-refractivity contribution in [3.63, 3.8) is 0 Å². The molecule has 0 bridgehead atoms. The topological polar surface area (TPSA) is 38.0 Å². The summed E-state index contributed by atoms with van der Waals surface area (Å²) in [4.78, 5) is 1.22. The van der Waals surface area contributed by atoms with Crippen LogP contribution in [-0.2, 0) is 6.42 Å². The minimum Gasteiger partial charge on any atom is -0.271 e. The third-order valence-corrected chi connectivity index (χ3v) is 5.14. The summed E-state index contributed by atoms with van der Waals surface area (Å²) >= 11 is 17.4. The molecular formula is C12H11BrCl2N2S. The fourth-order valence-electron chi connectivity index (χ4n) is 1.70. The largest absolute Gasteiger partial charge is 0.271 e. The van der Waals surface area contributed by atoms with Gasteiger partial charge in [0, 0.05) is 25.8 Å². The van der Waals surface area contributed by atoms with Crippen molar-refractivity contribution >= 4 is 50.5 Å². The summed E-state index contributed by atoms with van der Waals surface area (Å²) in [5, 5.41) is 3.35. The molecule has 0 aliphatic rings. The van der Waals surface area contributed by atoms with Crippen LogP contribution in [0.15, 0.2) is 34.1 Å². The molecule has 1 unspecified atom stereocenters. The van der Waals surface area contributed by atoms with Crippen LogP contribution in [0, 0.1) is 0 Å². The van der Waals surface area contributed by atoms with Crippen LogP contribution in [0.5, 0.6) is 0 Å². The lowest BCUT2D eigenvalue weighted by Crippen LogP contribution is -2.29. The number of nitrogens with two attached hydrogens (primary N) is 1. The van der Waals surface area contributed by atoms with Crippen LogP contribution >= 0.6 is 50.5 Å². The van der Waals surface area contributed by atoms with Gasteiger partial charge in [0.15, 0.2) is 0 Å². The van der Waals surface area contributed by atoms with E-state index in [1.54, 1.807) is 23.5 Å². The van der Waals surface area contributed by atoms with Gasteiger partial charge in [0.25, 0.3) is 0 Å². The van der Waals surface area contributed by atoms with E-state index in [-0.39, 0.29) is 6.04 Å². The molecular weight excluding hydrogens is 355 g/mol. The predicted octanol–water partition coefficient (Wildman–Crippen LogP) is 4.56. The maximum absolute atomic E-state index is 6.19. The quantitative estimate of drug-likeness (QED) is 0.615. The molecule has 1 heterocycles. The van der Waals surface area contributed by atoms with Gasteiger partial charge in [-0.15, -0.1) is 11.3 Å². The van der Waals surface area contributed by atoms with Crippen molar-refractivity contribution in [3.8, 4) is 0 Å². The first kappa shape index (κ1) is 14.3. The molecule has 3 N–H and O–H groups in total. The van der Waals surface area contributed by atoms with Crippen LogP contribution in [0.3, 0.4) is 0 Å². The van der Waals surface area contributed by atoms with Gasteiger partial charge in [-0.3, -0.25) is 11.3 Å². The second kappa shape index (κ2) is 6.37. The van der Waals surface area contributed by atoms with E-state index in [9.17, 15) is 0 Å². The third kappa shape index (κ3) is 3.26. The van der Waals surface area contributed by atoms with Crippen LogP contribution in [0.1, 0.15) is 16.5 Å². The van der Waals surface area contributed by atoms with Gasteiger partial charge in [0.1, 0.15) is 0 Å². The molecule has 0 aliphatic carbocycles. The van der Waals surface area contributed by atoms with E-state index < -0.39 is 0 Å². The molecule has 2 nitrogen and oxygen atoms in total. The Morgan fingerprint density at radius 2 is 2.11 bits per heavy atom. The van der Waals surface area contributed by atoms with Crippen LogP contribution in [0.2, 0.25) is 10.0 Å². The molecule has 0 radical (unpaired) electrons. The lowest BCUT2D eigenvalue weighted by Gasteiger charge is -2.17. The van der Waals surface area contributed by atoms with Crippen LogP contribution < -0.4 is 11.3 Å². The summed E-state index contributed by atoms with van der Waals surface area (Å²) in [5.41, 5.74) is 3.70. The molecule has 0 amide bonds. The third-order valence-electron chi connectivity index (χ3n) is 2.62. The first-order valence-electron chi connectivity index (χ1n) is 5.24. The smallest absolute Gasteiger partial charge is 0.0523 e. The zero-order valence-electron chi connectivity index (χ0n) is 9.29. The van der Waals surface area contributed by atoms with E-state index in [1.165, 1.54) is 4.88 Å². The van der Waals surface area contributed by atoms with Crippen molar-refractivity contribution in [2.75, 3.05) is 0 Å². The number of nitrogens with one attached hydrogen (secondary N) is 1. The number of halogens is 3. The van der Waals surface area contributed by atoms with Crippen molar-refractivity contribution in [3.05, 3.63) is 54.6 Å². The second-order valence-corrected chi connectivity index (χ2v) is 6.48. The van der Waals surface area contributed by atoms with Crippen molar-refractivity contribution in [2.45, 2.75) is 12.5 Å². The van der Waals surface area contributed by atoms with E-state index in [0.717, 1.165) is 16.5 Å². The van der Waals surface area contributed by atoms with Crippen LogP contribution in [0.4, 0.5) is 0 Å². The molecule has 18 heavy (non-hydrogen) atoms. The standard InChI is InChI=1S/C12H11BrCl2N2S/c13-9-3-4-18-12(9)6-11(17-16)8-5-7(14)1-2-10(8)15/h1-5,11,17H,6,16H2. The number of hydrogen-bond acceptors (Lipinski definition) is 3. The molecule has 96 valence electrons. The Balaban J connectivity index is 2.28. The second-order valence-electron chi connectivity index (χ2n) is 3.78. The summed E-state index contributed by atoms with van der Waals surface area (Å²) in [6.07, 6.45) is 0.759. The molecule has 1 aromatic heterocycles. The molecule has 0 fully saturated rings. The van der Waals surface area contributed by atoms with Gasteiger partial charge in [-0.2, -0.15) is 0 Å². The molecule has 1 aromatic carbocycles. The fraction of sp³-hybridized carbons (Fsp3) is 0.167. The first-order chi connectivity index (χ1) is 8.61. The monoisotopic (exact) mass is 364 g/mol. The van der Waals surface area contributed by atoms with E-state index in [0.29, 0.717) is 10.0 Å². The van der Waals surface area contributed by atoms with Gasteiger partial charge in [-0.1, -0.05) is 23.2 Å². The Morgan fingerprint density at radius 3 is 2.72 bits per heavy atom. The van der Waals surface area contributed by atoms with E-state index in [1.807, 2.05) is 17.5 Å². The number of hydrazine groups is 1. The normalized spacial score (nSPS) is 12.7. The molecule has 0 spiro atoms. The van der Waals surface area contributed by atoms with Crippen molar-refractivity contribution in [1.82, 2.24) is 5.43 Å². The van der Waals surface area contributed by atoms with Gasteiger partial charge >= 0.3 is 0 Å². The minimum absolute atomic E-state index is 0.0638. The van der Waals surface area contributed by atoms with E-state index in [2.05, 4.69) is 21.4 Å². The Kier molecular flexibility index (Phi) is 5.06. The number of rotatable bonds is 4. The van der Waals surface area contributed by atoms with Gasteiger partial charge in [0.05, 0.1) is 6.04 Å². The molecule has 0 saturated carbocycles. The highest BCUT2D eigenvalue weighted by Gasteiger charge is 2.16. The number of hydrogen-bond donors (Lipinski definition) is 2. The average Bonchev–Trinajstić information content (AvgIpc) is 2.75. The fourth-order valence-corrected chi connectivity index (χ4v) is 3.69. The van der Waals surface area contributed by atoms with Gasteiger partial charge in [0.2, 0.25) is 0 Å². The SMILES string of the molecule is NNC(Cc1sccc1Br)c1cc(Cl)ccc1Cl. The molecule has 0 aliphatic heterocycles. The maximum Gasteiger partial charge on any atom is 0.0523 e. The van der Waals surface area contributed by atoms with Crippen molar-refractivity contribution < 1.29 is 0 Å². The number of benzene rings is 1. The lowest BCUT2D eigenvalue weighted by atomic mass is 10.0. The zero-order valence-corrected chi connectivity index (χ0v) is 13.2. The molecule has 1 atom stereocenters. The van der Waals surface area contributed by atoms with Gasteiger partial charge in [-0.25, -0.2) is 0 Å². The highest BCUT2D eigenvalue weighted by molar-refractivity contribution is 9.10. The number of thiophene rings is 1. The first-order valence-corrected chi connectivity index (χ1v) is 7.67. The van der Waals surface area contributed by atoms with E-state index in [4.69, 9.17) is 29.0 Å².